The number of hydrogen-bond acceptors (Lipinski definition) is 5. The first-order valence-corrected chi connectivity index (χ1v) is 4.85. The van der Waals surface area contributed by atoms with Gasteiger partial charge in [0.05, 0.1) is 12.7 Å². The van der Waals surface area contributed by atoms with Crippen LogP contribution in [0.25, 0.3) is 0 Å². The summed E-state index contributed by atoms with van der Waals surface area (Å²) in [5, 5.41) is 8.78. The first-order valence-electron chi connectivity index (χ1n) is 4.85. The van der Waals surface area contributed by atoms with Crippen LogP contribution in [-0.2, 0) is 15.7 Å². The Bertz CT molecular complexity index is 465. The number of rotatable bonds is 3. The topological polar surface area (TPSA) is 75.9 Å². The molecule has 0 saturated heterocycles. The van der Waals surface area contributed by atoms with Crippen LogP contribution in [0.4, 0.5) is 13.2 Å². The molecule has 0 bridgehead atoms. The van der Waals surface area contributed by atoms with E-state index in [1.54, 1.807) is 13.0 Å². The fraction of sp³-hybridized carbons (Fsp3) is 0.400. The van der Waals surface area contributed by atoms with Crippen LogP contribution in [-0.4, -0.2) is 22.5 Å². The van der Waals surface area contributed by atoms with Crippen molar-refractivity contribution in [1.29, 1.82) is 5.26 Å². The minimum Gasteiger partial charge on any atom is -0.465 e. The molecule has 0 aliphatic rings. The quantitative estimate of drug-likeness (QED) is 0.771. The van der Waals surface area contributed by atoms with Crippen molar-refractivity contribution in [2.75, 3.05) is 6.61 Å². The van der Waals surface area contributed by atoms with E-state index in [-0.39, 0.29) is 12.2 Å². The summed E-state index contributed by atoms with van der Waals surface area (Å²) in [5.74, 6) is -3.50. The molecule has 96 valence electrons. The van der Waals surface area contributed by atoms with Gasteiger partial charge in [0, 0.05) is 18.0 Å². The summed E-state index contributed by atoms with van der Waals surface area (Å²) < 4.78 is 41.2. The predicted octanol–water partition coefficient (Wildman–Crippen LogP) is 1.67. The number of halogens is 3. The van der Waals surface area contributed by atoms with Gasteiger partial charge in [-0.3, -0.25) is 4.79 Å². The number of carbonyl (C=O) groups is 1. The second kappa shape index (κ2) is 5.44. The van der Waals surface area contributed by atoms with Crippen LogP contribution in [0.2, 0.25) is 0 Å². The van der Waals surface area contributed by atoms with Gasteiger partial charge < -0.3 is 4.74 Å². The second-order valence-electron chi connectivity index (χ2n) is 3.15. The van der Waals surface area contributed by atoms with Gasteiger partial charge in [0.2, 0.25) is 5.82 Å². The SMILES string of the molecule is CCOC(=O)C(C#N)c1cnc(C(F)(F)F)nc1. The Hall–Kier alpha value is -2.17. The third-order valence-electron chi connectivity index (χ3n) is 1.91. The minimum atomic E-state index is -4.66. The number of esters is 1. The molecule has 0 aliphatic carbocycles. The van der Waals surface area contributed by atoms with E-state index in [9.17, 15) is 18.0 Å². The van der Waals surface area contributed by atoms with Gasteiger partial charge in [-0.15, -0.1) is 0 Å². The average molecular weight is 259 g/mol. The van der Waals surface area contributed by atoms with Crippen molar-refractivity contribution < 1.29 is 22.7 Å². The molecule has 0 spiro atoms. The first-order chi connectivity index (χ1) is 8.40. The largest absolute Gasteiger partial charge is 0.465 e. The lowest BCUT2D eigenvalue weighted by molar-refractivity contribution is -0.145. The number of carbonyl (C=O) groups excluding carboxylic acids is 1. The van der Waals surface area contributed by atoms with Crippen molar-refractivity contribution in [3.05, 3.63) is 23.8 Å². The van der Waals surface area contributed by atoms with Gasteiger partial charge in [0.1, 0.15) is 0 Å². The molecule has 8 heteroatoms. The molecule has 1 aromatic heterocycles. The van der Waals surface area contributed by atoms with Gasteiger partial charge in [-0.05, 0) is 6.92 Å². The summed E-state index contributed by atoms with van der Waals surface area (Å²) >= 11 is 0. The summed E-state index contributed by atoms with van der Waals surface area (Å²) in [6.07, 6.45) is -3.08. The molecular weight excluding hydrogens is 251 g/mol. The Morgan fingerprint density at radius 2 is 2.06 bits per heavy atom. The predicted molar refractivity (Wildman–Crippen MR) is 52.0 cm³/mol. The highest BCUT2D eigenvalue weighted by Crippen LogP contribution is 2.26. The zero-order chi connectivity index (χ0) is 13.8. The van der Waals surface area contributed by atoms with Crippen molar-refractivity contribution in [3.8, 4) is 6.07 Å². The number of nitriles is 1. The van der Waals surface area contributed by atoms with E-state index >= 15 is 0 Å². The zero-order valence-electron chi connectivity index (χ0n) is 9.23. The van der Waals surface area contributed by atoms with Gasteiger partial charge in [-0.2, -0.15) is 18.4 Å². The molecule has 1 aromatic rings. The van der Waals surface area contributed by atoms with E-state index in [2.05, 4.69) is 14.7 Å². The highest BCUT2D eigenvalue weighted by Gasteiger charge is 2.35. The van der Waals surface area contributed by atoms with Crippen molar-refractivity contribution in [1.82, 2.24) is 9.97 Å². The van der Waals surface area contributed by atoms with Crippen molar-refractivity contribution in [2.45, 2.75) is 19.0 Å². The van der Waals surface area contributed by atoms with E-state index in [0.717, 1.165) is 12.4 Å². The number of hydrogen-bond donors (Lipinski definition) is 0. The van der Waals surface area contributed by atoms with Gasteiger partial charge in [-0.25, -0.2) is 9.97 Å². The minimum absolute atomic E-state index is 0.0380. The molecule has 0 fully saturated rings. The van der Waals surface area contributed by atoms with E-state index in [1.165, 1.54) is 0 Å². The lowest BCUT2D eigenvalue weighted by atomic mass is 10.1. The molecule has 18 heavy (non-hydrogen) atoms. The van der Waals surface area contributed by atoms with Crippen molar-refractivity contribution >= 4 is 5.97 Å². The smallest absolute Gasteiger partial charge is 0.451 e. The number of nitrogens with zero attached hydrogens (tertiary/aromatic N) is 3. The van der Waals surface area contributed by atoms with Crippen molar-refractivity contribution in [3.63, 3.8) is 0 Å². The molecule has 0 amide bonds. The maximum absolute atomic E-state index is 12.2. The second-order valence-corrected chi connectivity index (χ2v) is 3.15. The molecule has 5 nitrogen and oxygen atoms in total. The molecule has 1 heterocycles. The standard InChI is InChI=1S/C10H8F3N3O2/c1-2-18-8(17)7(3-14)6-4-15-9(16-5-6)10(11,12)13/h4-5,7H,2H2,1H3. The molecule has 0 N–H and O–H groups in total. The van der Waals surface area contributed by atoms with E-state index in [4.69, 9.17) is 5.26 Å². The summed E-state index contributed by atoms with van der Waals surface area (Å²) in [6, 6.07) is 1.63. The van der Waals surface area contributed by atoms with Crippen LogP contribution in [0, 0.1) is 11.3 Å². The first kappa shape index (κ1) is 13.9. The average Bonchev–Trinajstić information content (AvgIpc) is 2.30. The molecule has 1 unspecified atom stereocenters. The van der Waals surface area contributed by atoms with E-state index < -0.39 is 23.9 Å². The van der Waals surface area contributed by atoms with Crippen molar-refractivity contribution in [2.24, 2.45) is 0 Å². The number of ether oxygens (including phenoxy) is 1. The lowest BCUT2D eigenvalue weighted by Crippen LogP contribution is -2.17. The van der Waals surface area contributed by atoms with Crippen LogP contribution in [0.1, 0.15) is 24.2 Å². The Morgan fingerprint density at radius 1 is 1.50 bits per heavy atom. The molecule has 0 aromatic carbocycles. The number of alkyl halides is 3. The highest BCUT2D eigenvalue weighted by atomic mass is 19.4. The Balaban J connectivity index is 2.97. The van der Waals surface area contributed by atoms with Crippen LogP contribution in [0.15, 0.2) is 12.4 Å². The molecule has 1 atom stereocenters. The molecule has 0 saturated carbocycles. The monoisotopic (exact) mass is 259 g/mol. The van der Waals surface area contributed by atoms with E-state index in [0.29, 0.717) is 0 Å². The lowest BCUT2D eigenvalue weighted by Gasteiger charge is -2.09. The Labute approximate surface area is 100 Å². The van der Waals surface area contributed by atoms with Gasteiger partial charge in [0.25, 0.3) is 0 Å². The number of aromatic nitrogens is 2. The Kier molecular flexibility index (Phi) is 4.20. The maximum atomic E-state index is 12.2. The van der Waals surface area contributed by atoms with E-state index in [1.807, 2.05) is 0 Å². The van der Waals surface area contributed by atoms with Crippen LogP contribution in [0.5, 0.6) is 0 Å². The van der Waals surface area contributed by atoms with Gasteiger partial charge in [0.15, 0.2) is 5.92 Å². The molecule has 0 radical (unpaired) electrons. The zero-order valence-corrected chi connectivity index (χ0v) is 9.23. The van der Waals surface area contributed by atoms with Crippen LogP contribution in [0.3, 0.4) is 0 Å². The molecule has 1 rings (SSSR count). The van der Waals surface area contributed by atoms with Crippen LogP contribution >= 0.6 is 0 Å². The third-order valence-corrected chi connectivity index (χ3v) is 1.91. The molecule has 0 aliphatic heterocycles. The molecular formula is C10H8F3N3O2. The van der Waals surface area contributed by atoms with Crippen LogP contribution < -0.4 is 0 Å². The Morgan fingerprint density at radius 3 is 2.44 bits per heavy atom. The summed E-state index contributed by atoms with van der Waals surface area (Å²) in [5.41, 5.74) is -0.0380. The summed E-state index contributed by atoms with van der Waals surface area (Å²) in [6.45, 7) is 1.62. The fourth-order valence-corrected chi connectivity index (χ4v) is 1.12. The third kappa shape index (κ3) is 3.16. The summed E-state index contributed by atoms with van der Waals surface area (Å²) in [4.78, 5) is 17.5. The maximum Gasteiger partial charge on any atom is 0.451 e. The van der Waals surface area contributed by atoms with Gasteiger partial charge in [-0.1, -0.05) is 0 Å². The highest BCUT2D eigenvalue weighted by molar-refractivity contribution is 5.81. The normalized spacial score (nSPS) is 12.6. The fourth-order valence-electron chi connectivity index (χ4n) is 1.12. The summed E-state index contributed by atoms with van der Waals surface area (Å²) in [7, 11) is 0. The van der Waals surface area contributed by atoms with Gasteiger partial charge >= 0.3 is 12.1 Å².